The standard InChI is InChI=1S/C12H17BrN4O2/c1-4-8-14-10-9(17(8)7-5-6-13)11(18)16(3)12(19)15(10)2/h4-7H2,1-3H3. The molecule has 0 bridgehead atoms. The normalized spacial score (nSPS) is 11.4. The molecule has 0 radical (unpaired) electrons. The van der Waals surface area contributed by atoms with E-state index in [-0.39, 0.29) is 11.2 Å². The summed E-state index contributed by atoms with van der Waals surface area (Å²) in [7, 11) is 3.14. The molecular weight excluding hydrogens is 312 g/mol. The van der Waals surface area contributed by atoms with Gasteiger partial charge in [0, 0.05) is 32.4 Å². The first kappa shape index (κ1) is 14.0. The largest absolute Gasteiger partial charge is 0.332 e. The minimum atomic E-state index is -0.342. The van der Waals surface area contributed by atoms with Crippen molar-refractivity contribution in [3.05, 3.63) is 26.7 Å². The van der Waals surface area contributed by atoms with Gasteiger partial charge in [-0.2, -0.15) is 0 Å². The molecule has 0 saturated heterocycles. The molecule has 0 N–H and O–H groups in total. The molecule has 0 fully saturated rings. The Hall–Kier alpha value is -1.37. The van der Waals surface area contributed by atoms with Crippen LogP contribution in [0.15, 0.2) is 9.59 Å². The lowest BCUT2D eigenvalue weighted by molar-refractivity contribution is 0.656. The molecule has 0 aromatic carbocycles. The fourth-order valence-corrected chi connectivity index (χ4v) is 2.47. The van der Waals surface area contributed by atoms with Gasteiger partial charge in [0.2, 0.25) is 0 Å². The zero-order valence-electron chi connectivity index (χ0n) is 11.3. The number of hydrogen-bond donors (Lipinski definition) is 0. The molecule has 0 atom stereocenters. The zero-order chi connectivity index (χ0) is 14.2. The zero-order valence-corrected chi connectivity index (χ0v) is 12.9. The van der Waals surface area contributed by atoms with Crippen molar-refractivity contribution >= 4 is 27.1 Å². The highest BCUT2D eigenvalue weighted by Gasteiger charge is 2.17. The van der Waals surface area contributed by atoms with Crippen LogP contribution in [-0.4, -0.2) is 24.0 Å². The van der Waals surface area contributed by atoms with Gasteiger partial charge in [0.25, 0.3) is 5.56 Å². The summed E-state index contributed by atoms with van der Waals surface area (Å²) < 4.78 is 4.49. The van der Waals surface area contributed by atoms with E-state index in [1.54, 1.807) is 7.05 Å². The first-order valence-corrected chi connectivity index (χ1v) is 7.36. The Morgan fingerprint density at radius 3 is 2.47 bits per heavy atom. The Labute approximate surface area is 118 Å². The predicted molar refractivity (Wildman–Crippen MR) is 78.0 cm³/mol. The fourth-order valence-electron chi connectivity index (χ4n) is 2.22. The lowest BCUT2D eigenvalue weighted by Gasteiger charge is -2.07. The van der Waals surface area contributed by atoms with Gasteiger partial charge in [0.1, 0.15) is 5.82 Å². The van der Waals surface area contributed by atoms with Gasteiger partial charge in [-0.1, -0.05) is 22.9 Å². The van der Waals surface area contributed by atoms with Crippen LogP contribution >= 0.6 is 15.9 Å². The van der Waals surface area contributed by atoms with Gasteiger partial charge in [-0.3, -0.25) is 13.9 Å². The monoisotopic (exact) mass is 328 g/mol. The second kappa shape index (κ2) is 5.32. The van der Waals surface area contributed by atoms with Gasteiger partial charge in [-0.15, -0.1) is 0 Å². The van der Waals surface area contributed by atoms with Crippen LogP contribution in [0.4, 0.5) is 0 Å². The van der Waals surface area contributed by atoms with Crippen LogP contribution in [-0.2, 0) is 27.1 Å². The highest BCUT2D eigenvalue weighted by atomic mass is 79.9. The summed E-state index contributed by atoms with van der Waals surface area (Å²) in [4.78, 5) is 28.6. The predicted octanol–water partition coefficient (Wildman–Crippen LogP) is 0.781. The van der Waals surface area contributed by atoms with Gasteiger partial charge in [0.15, 0.2) is 11.2 Å². The summed E-state index contributed by atoms with van der Waals surface area (Å²) in [5.74, 6) is 0.842. The lowest BCUT2D eigenvalue weighted by atomic mass is 10.4. The summed E-state index contributed by atoms with van der Waals surface area (Å²) >= 11 is 3.39. The van der Waals surface area contributed by atoms with E-state index in [4.69, 9.17) is 0 Å². The van der Waals surface area contributed by atoms with Crippen LogP contribution in [0.25, 0.3) is 11.2 Å². The number of rotatable bonds is 4. The molecular formula is C12H17BrN4O2. The average Bonchev–Trinajstić information content (AvgIpc) is 2.79. The third kappa shape index (κ3) is 2.16. The van der Waals surface area contributed by atoms with E-state index in [0.29, 0.717) is 11.2 Å². The minimum absolute atomic E-state index is 0.278. The van der Waals surface area contributed by atoms with E-state index in [2.05, 4.69) is 20.9 Å². The molecule has 7 heteroatoms. The van der Waals surface area contributed by atoms with E-state index >= 15 is 0 Å². The Morgan fingerprint density at radius 1 is 1.21 bits per heavy atom. The number of hydrogen-bond acceptors (Lipinski definition) is 3. The Bertz CT molecular complexity index is 726. The highest BCUT2D eigenvalue weighted by Crippen LogP contribution is 2.12. The lowest BCUT2D eigenvalue weighted by Crippen LogP contribution is -2.37. The molecule has 2 aromatic rings. The van der Waals surface area contributed by atoms with Crippen LogP contribution in [0.5, 0.6) is 0 Å². The van der Waals surface area contributed by atoms with Crippen LogP contribution < -0.4 is 11.2 Å². The Balaban J connectivity index is 2.87. The summed E-state index contributed by atoms with van der Waals surface area (Å²) in [6.45, 7) is 2.72. The summed E-state index contributed by atoms with van der Waals surface area (Å²) in [6.07, 6.45) is 1.64. The van der Waals surface area contributed by atoms with Gasteiger partial charge < -0.3 is 4.57 Å². The Kier molecular flexibility index (Phi) is 3.93. The number of imidazole rings is 1. The molecule has 6 nitrogen and oxygen atoms in total. The summed E-state index contributed by atoms with van der Waals surface area (Å²) in [6, 6.07) is 0. The van der Waals surface area contributed by atoms with Crippen molar-refractivity contribution in [2.75, 3.05) is 5.33 Å². The first-order chi connectivity index (χ1) is 9.02. The molecule has 2 rings (SSSR count). The number of halogens is 1. The number of nitrogens with zero attached hydrogens (tertiary/aromatic N) is 4. The molecule has 0 unspecified atom stereocenters. The second-order valence-electron chi connectivity index (χ2n) is 4.45. The van der Waals surface area contributed by atoms with Gasteiger partial charge in [0.05, 0.1) is 0 Å². The molecule has 0 aliphatic heterocycles. The number of fused-ring (bicyclic) bond motifs is 1. The second-order valence-corrected chi connectivity index (χ2v) is 5.25. The summed E-state index contributed by atoms with van der Waals surface area (Å²) in [5.41, 5.74) is 0.368. The van der Waals surface area contributed by atoms with Gasteiger partial charge in [-0.05, 0) is 6.42 Å². The molecule has 0 spiro atoms. The molecule has 0 aliphatic rings. The van der Waals surface area contributed by atoms with Gasteiger partial charge in [-0.25, -0.2) is 9.78 Å². The molecule has 19 heavy (non-hydrogen) atoms. The number of aryl methyl sites for hydroxylation is 3. The van der Waals surface area contributed by atoms with E-state index < -0.39 is 0 Å². The highest BCUT2D eigenvalue weighted by molar-refractivity contribution is 9.09. The van der Waals surface area contributed by atoms with E-state index in [1.165, 1.54) is 11.6 Å². The van der Waals surface area contributed by atoms with Crippen molar-refractivity contribution in [2.24, 2.45) is 14.1 Å². The topological polar surface area (TPSA) is 61.8 Å². The van der Waals surface area contributed by atoms with E-state index in [1.807, 2.05) is 11.5 Å². The maximum absolute atomic E-state index is 12.3. The van der Waals surface area contributed by atoms with Crippen molar-refractivity contribution in [3.8, 4) is 0 Å². The minimum Gasteiger partial charge on any atom is -0.322 e. The van der Waals surface area contributed by atoms with Crippen LogP contribution in [0.1, 0.15) is 19.2 Å². The Morgan fingerprint density at radius 2 is 1.89 bits per heavy atom. The number of alkyl halides is 1. The van der Waals surface area contributed by atoms with Crippen molar-refractivity contribution in [1.82, 2.24) is 18.7 Å². The van der Waals surface area contributed by atoms with E-state index in [0.717, 1.165) is 35.1 Å². The maximum atomic E-state index is 12.3. The molecule has 2 heterocycles. The van der Waals surface area contributed by atoms with Crippen molar-refractivity contribution < 1.29 is 0 Å². The number of aromatic nitrogens is 4. The molecule has 0 amide bonds. The molecule has 104 valence electrons. The maximum Gasteiger partial charge on any atom is 0.332 e. The smallest absolute Gasteiger partial charge is 0.322 e. The average molecular weight is 329 g/mol. The van der Waals surface area contributed by atoms with Gasteiger partial charge >= 0.3 is 5.69 Å². The molecule has 0 saturated carbocycles. The van der Waals surface area contributed by atoms with Crippen molar-refractivity contribution in [1.29, 1.82) is 0 Å². The van der Waals surface area contributed by atoms with Crippen LogP contribution in [0.3, 0.4) is 0 Å². The quantitative estimate of drug-likeness (QED) is 0.779. The van der Waals surface area contributed by atoms with Crippen molar-refractivity contribution in [2.45, 2.75) is 26.3 Å². The van der Waals surface area contributed by atoms with Crippen LogP contribution in [0.2, 0.25) is 0 Å². The van der Waals surface area contributed by atoms with E-state index in [9.17, 15) is 9.59 Å². The third-order valence-corrected chi connectivity index (χ3v) is 3.82. The first-order valence-electron chi connectivity index (χ1n) is 6.24. The van der Waals surface area contributed by atoms with Crippen molar-refractivity contribution in [3.63, 3.8) is 0 Å². The summed E-state index contributed by atoms with van der Waals surface area (Å²) in [5, 5.41) is 0.863. The third-order valence-electron chi connectivity index (χ3n) is 3.26. The molecule has 0 aliphatic carbocycles. The molecule has 2 aromatic heterocycles. The SMILES string of the molecule is CCc1nc2c(c(=O)n(C)c(=O)n2C)n1CCCBr. The fraction of sp³-hybridized carbons (Fsp3) is 0.583. The van der Waals surface area contributed by atoms with Crippen LogP contribution in [0, 0.1) is 0 Å².